The third kappa shape index (κ3) is 5.91. The molecule has 0 heterocycles. The van der Waals surface area contributed by atoms with E-state index in [2.05, 4.69) is 30.0 Å². The quantitative estimate of drug-likeness (QED) is 0.434. The van der Waals surface area contributed by atoms with Crippen LogP contribution in [0.2, 0.25) is 0 Å². The van der Waals surface area contributed by atoms with Crippen LogP contribution in [0.25, 0.3) is 0 Å². The second-order valence-corrected chi connectivity index (χ2v) is 5.94. The Labute approximate surface area is 132 Å². The van der Waals surface area contributed by atoms with Gasteiger partial charge in [-0.05, 0) is 62.9 Å². The molecule has 1 unspecified atom stereocenters. The predicted molar refractivity (Wildman–Crippen MR) is 87.3 cm³/mol. The molecule has 3 N–H and O–H groups in total. The lowest BCUT2D eigenvalue weighted by molar-refractivity contribution is 0.284. The van der Waals surface area contributed by atoms with E-state index in [1.807, 2.05) is 0 Å². The first kappa shape index (κ1) is 17.2. The van der Waals surface area contributed by atoms with Gasteiger partial charge in [0.15, 0.2) is 11.6 Å². The van der Waals surface area contributed by atoms with E-state index < -0.39 is 0 Å². The van der Waals surface area contributed by atoms with Gasteiger partial charge in [0, 0.05) is 12.6 Å². The molecule has 1 aromatic rings. The average Bonchev–Trinajstić information content (AvgIpc) is 3.34. The van der Waals surface area contributed by atoms with Crippen LogP contribution in [0.1, 0.15) is 44.7 Å². The van der Waals surface area contributed by atoms with Crippen molar-refractivity contribution in [3.63, 3.8) is 0 Å². The molecule has 1 aliphatic carbocycles. The lowest BCUT2D eigenvalue weighted by atomic mass is 10.1. The van der Waals surface area contributed by atoms with Gasteiger partial charge in [0.25, 0.3) is 0 Å². The van der Waals surface area contributed by atoms with Crippen LogP contribution in [0, 0.1) is 11.7 Å². The van der Waals surface area contributed by atoms with Crippen molar-refractivity contribution in [1.82, 2.24) is 16.2 Å². The minimum absolute atomic E-state index is 0.100. The van der Waals surface area contributed by atoms with Crippen LogP contribution in [0.4, 0.5) is 4.39 Å². The van der Waals surface area contributed by atoms with E-state index >= 15 is 0 Å². The number of hydrogen-bond acceptors (Lipinski definition) is 4. The molecule has 0 radical (unpaired) electrons. The molecule has 0 spiro atoms. The van der Waals surface area contributed by atoms with Crippen molar-refractivity contribution < 1.29 is 9.13 Å². The normalized spacial score (nSPS) is 15.8. The molecule has 1 atom stereocenters. The number of ether oxygens (including phenoxy) is 1. The summed E-state index contributed by atoms with van der Waals surface area (Å²) in [5.74, 6) is 0.706. The van der Waals surface area contributed by atoms with Crippen LogP contribution in [0.5, 0.6) is 5.75 Å². The Balaban J connectivity index is 1.75. The maximum Gasteiger partial charge on any atom is 0.165 e. The minimum Gasteiger partial charge on any atom is -0.490 e. The number of benzene rings is 1. The fourth-order valence-corrected chi connectivity index (χ4v) is 2.18. The summed E-state index contributed by atoms with van der Waals surface area (Å²) in [6.45, 7) is 7.69. The lowest BCUT2D eigenvalue weighted by Gasteiger charge is -2.17. The summed E-state index contributed by atoms with van der Waals surface area (Å²) in [5, 5.41) is 3.28. The molecule has 1 saturated carbocycles. The molecule has 5 heteroatoms. The highest BCUT2D eigenvalue weighted by molar-refractivity contribution is 5.32. The Kier molecular flexibility index (Phi) is 7.09. The molecule has 1 aromatic carbocycles. The Morgan fingerprint density at radius 2 is 2.14 bits per heavy atom. The second kappa shape index (κ2) is 9.08. The van der Waals surface area contributed by atoms with E-state index in [0.29, 0.717) is 18.3 Å². The maximum atomic E-state index is 13.8. The van der Waals surface area contributed by atoms with Crippen LogP contribution in [-0.2, 0) is 0 Å². The summed E-state index contributed by atoms with van der Waals surface area (Å²) < 4.78 is 19.4. The summed E-state index contributed by atoms with van der Waals surface area (Å²) in [5.41, 5.74) is 7.48. The van der Waals surface area contributed by atoms with Gasteiger partial charge in [-0.15, -0.1) is 0 Å². The third-order valence-electron chi connectivity index (χ3n) is 3.85. The van der Waals surface area contributed by atoms with Gasteiger partial charge in [-0.1, -0.05) is 13.0 Å². The van der Waals surface area contributed by atoms with E-state index in [1.165, 1.54) is 18.9 Å². The Morgan fingerprint density at radius 3 is 2.86 bits per heavy atom. The smallest absolute Gasteiger partial charge is 0.165 e. The van der Waals surface area contributed by atoms with Crippen molar-refractivity contribution in [2.75, 3.05) is 26.2 Å². The fraction of sp³-hybridized carbons (Fsp3) is 0.647. The number of rotatable bonds is 11. The first-order valence-electron chi connectivity index (χ1n) is 8.32. The fourth-order valence-electron chi connectivity index (χ4n) is 2.18. The third-order valence-corrected chi connectivity index (χ3v) is 3.85. The molecule has 124 valence electrons. The number of nitrogens with one attached hydrogen (secondary N) is 3. The zero-order valence-corrected chi connectivity index (χ0v) is 13.6. The van der Waals surface area contributed by atoms with Crippen LogP contribution in [0.15, 0.2) is 18.2 Å². The minimum atomic E-state index is -0.282. The first-order chi connectivity index (χ1) is 10.7. The molecule has 0 aliphatic heterocycles. The van der Waals surface area contributed by atoms with E-state index in [-0.39, 0.29) is 11.9 Å². The molecule has 4 nitrogen and oxygen atoms in total. The summed E-state index contributed by atoms with van der Waals surface area (Å²) >= 11 is 0. The van der Waals surface area contributed by atoms with Gasteiger partial charge in [0.05, 0.1) is 6.61 Å². The monoisotopic (exact) mass is 309 g/mol. The van der Waals surface area contributed by atoms with Gasteiger partial charge in [0.1, 0.15) is 0 Å². The van der Waals surface area contributed by atoms with Crippen molar-refractivity contribution in [2.24, 2.45) is 5.92 Å². The Morgan fingerprint density at radius 1 is 1.32 bits per heavy atom. The van der Waals surface area contributed by atoms with Crippen molar-refractivity contribution in [3.8, 4) is 5.75 Å². The molecule has 1 aliphatic rings. The van der Waals surface area contributed by atoms with Crippen molar-refractivity contribution in [2.45, 2.75) is 39.2 Å². The molecule has 2 rings (SSSR count). The second-order valence-electron chi connectivity index (χ2n) is 5.94. The molecule has 0 amide bonds. The molecule has 22 heavy (non-hydrogen) atoms. The topological polar surface area (TPSA) is 45.3 Å². The van der Waals surface area contributed by atoms with Gasteiger partial charge in [-0.25, -0.2) is 4.39 Å². The largest absolute Gasteiger partial charge is 0.490 e. The first-order valence-corrected chi connectivity index (χ1v) is 8.32. The molecule has 0 saturated heterocycles. The summed E-state index contributed by atoms with van der Waals surface area (Å²) in [7, 11) is 0. The Bertz CT molecular complexity index is 452. The molecule has 0 bridgehead atoms. The van der Waals surface area contributed by atoms with E-state index in [4.69, 9.17) is 4.74 Å². The lowest BCUT2D eigenvalue weighted by Crippen LogP contribution is -2.35. The predicted octanol–water partition coefficient (Wildman–Crippen LogP) is 2.77. The van der Waals surface area contributed by atoms with Gasteiger partial charge < -0.3 is 10.1 Å². The van der Waals surface area contributed by atoms with Gasteiger partial charge in [0.2, 0.25) is 0 Å². The zero-order valence-electron chi connectivity index (χ0n) is 13.6. The van der Waals surface area contributed by atoms with Crippen molar-refractivity contribution in [1.29, 1.82) is 0 Å². The number of hydrazine groups is 1. The highest BCUT2D eigenvalue weighted by Crippen LogP contribution is 2.30. The molecule has 0 aromatic heterocycles. The Hall–Kier alpha value is -1.17. The van der Waals surface area contributed by atoms with Gasteiger partial charge in [-0.2, -0.15) is 0 Å². The van der Waals surface area contributed by atoms with Gasteiger partial charge >= 0.3 is 0 Å². The van der Waals surface area contributed by atoms with E-state index in [9.17, 15) is 4.39 Å². The maximum absolute atomic E-state index is 13.8. The number of hydrogen-bond donors (Lipinski definition) is 3. The zero-order chi connectivity index (χ0) is 15.8. The number of halogens is 1. The summed E-state index contributed by atoms with van der Waals surface area (Å²) in [4.78, 5) is 0. The standard InChI is InChI=1S/C17H28FN3O/c1-3-19-9-4-10-20-21-13(2)15-7-8-16(18)17(11-15)22-12-14-5-6-14/h7-8,11,13-14,19-21H,3-6,9-10,12H2,1-2H3. The van der Waals surface area contributed by atoms with Crippen LogP contribution in [0.3, 0.4) is 0 Å². The van der Waals surface area contributed by atoms with E-state index in [1.54, 1.807) is 12.1 Å². The van der Waals surface area contributed by atoms with Gasteiger partial charge in [-0.3, -0.25) is 10.9 Å². The SMILES string of the molecule is CCNCCCNNC(C)c1ccc(F)c(OCC2CC2)c1. The van der Waals surface area contributed by atoms with Crippen LogP contribution >= 0.6 is 0 Å². The van der Waals surface area contributed by atoms with Crippen LogP contribution in [-0.4, -0.2) is 26.2 Å². The van der Waals surface area contributed by atoms with Crippen molar-refractivity contribution in [3.05, 3.63) is 29.6 Å². The summed E-state index contributed by atoms with van der Waals surface area (Å²) in [6.07, 6.45) is 3.47. The summed E-state index contributed by atoms with van der Waals surface area (Å²) in [6, 6.07) is 5.19. The van der Waals surface area contributed by atoms with Crippen molar-refractivity contribution >= 4 is 0 Å². The highest BCUT2D eigenvalue weighted by atomic mass is 19.1. The molecular formula is C17H28FN3O. The highest BCUT2D eigenvalue weighted by Gasteiger charge is 2.22. The van der Waals surface area contributed by atoms with E-state index in [0.717, 1.165) is 31.6 Å². The van der Waals surface area contributed by atoms with Crippen LogP contribution < -0.4 is 20.9 Å². The molecule has 1 fully saturated rings. The molecular weight excluding hydrogens is 281 g/mol. The average molecular weight is 309 g/mol.